The van der Waals surface area contributed by atoms with Crippen molar-refractivity contribution in [1.82, 2.24) is 0 Å². The van der Waals surface area contributed by atoms with E-state index in [2.05, 4.69) is 16.0 Å². The maximum absolute atomic E-state index is 12.9. The standard InChI is InChI=1S/C18H18FN3O3/c1-18(2)10-25-15-9-13(7-8-14(15)22-16(18)23)21-17(24)20-12-5-3-11(19)4-6-12/h3-9H,10H2,1-2H3,(H,22,23)(H2,20,21,24). The van der Waals surface area contributed by atoms with Crippen LogP contribution in [0.2, 0.25) is 0 Å². The number of carbonyl (C=O) groups is 2. The zero-order chi connectivity index (χ0) is 18.0. The maximum atomic E-state index is 12.9. The zero-order valence-corrected chi connectivity index (χ0v) is 13.9. The van der Waals surface area contributed by atoms with Crippen LogP contribution in [-0.4, -0.2) is 18.5 Å². The molecule has 1 heterocycles. The lowest BCUT2D eigenvalue weighted by Crippen LogP contribution is -2.33. The van der Waals surface area contributed by atoms with E-state index in [1.807, 2.05) is 0 Å². The minimum atomic E-state index is -0.646. The number of nitrogens with one attached hydrogen (secondary N) is 3. The van der Waals surface area contributed by atoms with Crippen molar-refractivity contribution in [3.63, 3.8) is 0 Å². The van der Waals surface area contributed by atoms with Gasteiger partial charge in [-0.25, -0.2) is 9.18 Å². The average Bonchev–Trinajstić information content (AvgIpc) is 2.67. The summed E-state index contributed by atoms with van der Waals surface area (Å²) in [7, 11) is 0. The Bertz CT molecular complexity index is 819. The molecule has 130 valence electrons. The second kappa shape index (κ2) is 6.43. The molecule has 0 aliphatic carbocycles. The molecule has 6 nitrogen and oxygen atoms in total. The van der Waals surface area contributed by atoms with Crippen LogP contribution in [0.25, 0.3) is 0 Å². The molecule has 0 fully saturated rings. The van der Waals surface area contributed by atoms with Crippen LogP contribution in [-0.2, 0) is 4.79 Å². The molecule has 0 spiro atoms. The molecule has 1 aliphatic heterocycles. The SMILES string of the molecule is CC1(C)COc2cc(NC(=O)Nc3ccc(F)cc3)ccc2NC1=O. The largest absolute Gasteiger partial charge is 0.490 e. The summed E-state index contributed by atoms with van der Waals surface area (Å²) in [4.78, 5) is 24.1. The van der Waals surface area contributed by atoms with Crippen molar-refractivity contribution >= 4 is 29.0 Å². The first kappa shape index (κ1) is 16.8. The molecular formula is C18H18FN3O3. The predicted octanol–water partition coefficient (Wildman–Crippen LogP) is 3.83. The lowest BCUT2D eigenvalue weighted by Gasteiger charge is -2.18. The van der Waals surface area contributed by atoms with Crippen molar-refractivity contribution in [1.29, 1.82) is 0 Å². The van der Waals surface area contributed by atoms with Gasteiger partial charge in [-0.2, -0.15) is 0 Å². The molecular weight excluding hydrogens is 325 g/mol. The number of hydrogen-bond donors (Lipinski definition) is 3. The third-order valence-electron chi connectivity index (χ3n) is 3.79. The summed E-state index contributed by atoms with van der Waals surface area (Å²) in [5.41, 5.74) is 0.887. The van der Waals surface area contributed by atoms with Gasteiger partial charge in [0, 0.05) is 17.4 Å². The van der Waals surface area contributed by atoms with E-state index in [1.165, 1.54) is 24.3 Å². The second-order valence-corrected chi connectivity index (χ2v) is 6.42. The van der Waals surface area contributed by atoms with Gasteiger partial charge in [0.25, 0.3) is 0 Å². The number of hydrogen-bond acceptors (Lipinski definition) is 3. The normalized spacial score (nSPS) is 15.2. The number of carbonyl (C=O) groups excluding carboxylic acids is 2. The zero-order valence-electron chi connectivity index (χ0n) is 13.9. The number of urea groups is 1. The van der Waals surface area contributed by atoms with E-state index in [0.29, 0.717) is 22.8 Å². The summed E-state index contributed by atoms with van der Waals surface area (Å²) >= 11 is 0. The first-order valence-electron chi connectivity index (χ1n) is 7.75. The number of halogens is 1. The van der Waals surface area contributed by atoms with Crippen molar-refractivity contribution in [3.05, 3.63) is 48.3 Å². The summed E-state index contributed by atoms with van der Waals surface area (Å²) in [6.07, 6.45) is 0. The van der Waals surface area contributed by atoms with Gasteiger partial charge in [0.1, 0.15) is 18.2 Å². The summed E-state index contributed by atoms with van der Waals surface area (Å²) in [5.74, 6) is -0.0154. The van der Waals surface area contributed by atoms with Gasteiger partial charge in [-0.15, -0.1) is 0 Å². The summed E-state index contributed by atoms with van der Waals surface area (Å²) in [6.45, 7) is 3.82. The number of benzene rings is 2. The monoisotopic (exact) mass is 343 g/mol. The topological polar surface area (TPSA) is 79.5 Å². The van der Waals surface area contributed by atoms with Gasteiger partial charge in [0.05, 0.1) is 11.1 Å². The molecule has 3 N–H and O–H groups in total. The van der Waals surface area contributed by atoms with Crippen LogP contribution in [0.3, 0.4) is 0 Å². The molecule has 0 saturated heterocycles. The Balaban J connectivity index is 1.70. The second-order valence-electron chi connectivity index (χ2n) is 6.42. The van der Waals surface area contributed by atoms with Crippen LogP contribution in [0.1, 0.15) is 13.8 Å². The predicted molar refractivity (Wildman–Crippen MR) is 93.4 cm³/mol. The highest BCUT2D eigenvalue weighted by atomic mass is 19.1. The van der Waals surface area contributed by atoms with Crippen molar-refractivity contribution in [2.75, 3.05) is 22.6 Å². The Labute approximate surface area is 144 Å². The molecule has 0 bridgehead atoms. The molecule has 0 atom stereocenters. The number of ether oxygens (including phenoxy) is 1. The van der Waals surface area contributed by atoms with Crippen LogP contribution in [0.4, 0.5) is 26.2 Å². The van der Waals surface area contributed by atoms with E-state index in [9.17, 15) is 14.0 Å². The number of rotatable bonds is 2. The Morgan fingerprint density at radius 3 is 2.48 bits per heavy atom. The van der Waals surface area contributed by atoms with Gasteiger partial charge in [0.2, 0.25) is 5.91 Å². The Hall–Kier alpha value is -3.09. The summed E-state index contributed by atoms with van der Waals surface area (Å²) in [5, 5.41) is 8.08. The molecule has 0 radical (unpaired) electrons. The van der Waals surface area contributed by atoms with E-state index >= 15 is 0 Å². The maximum Gasteiger partial charge on any atom is 0.323 e. The van der Waals surface area contributed by atoms with E-state index in [0.717, 1.165) is 0 Å². The van der Waals surface area contributed by atoms with Crippen LogP contribution >= 0.6 is 0 Å². The molecule has 3 amide bonds. The highest BCUT2D eigenvalue weighted by Crippen LogP contribution is 2.34. The quantitative estimate of drug-likeness (QED) is 0.775. The van der Waals surface area contributed by atoms with E-state index in [4.69, 9.17) is 4.74 Å². The molecule has 2 aromatic rings. The fraction of sp³-hybridized carbons (Fsp3) is 0.222. The fourth-order valence-electron chi connectivity index (χ4n) is 2.26. The highest BCUT2D eigenvalue weighted by Gasteiger charge is 2.32. The van der Waals surface area contributed by atoms with Crippen molar-refractivity contribution in [2.45, 2.75) is 13.8 Å². The molecule has 7 heteroatoms. The first-order chi connectivity index (χ1) is 11.8. The van der Waals surface area contributed by atoms with Crippen LogP contribution in [0.5, 0.6) is 5.75 Å². The Morgan fingerprint density at radius 2 is 1.76 bits per heavy atom. The highest BCUT2D eigenvalue weighted by molar-refractivity contribution is 6.01. The van der Waals surface area contributed by atoms with Gasteiger partial charge < -0.3 is 20.7 Å². The number of anilines is 3. The van der Waals surface area contributed by atoms with Crippen LogP contribution in [0.15, 0.2) is 42.5 Å². The Morgan fingerprint density at radius 1 is 1.12 bits per heavy atom. The molecule has 2 aromatic carbocycles. The molecule has 25 heavy (non-hydrogen) atoms. The third kappa shape index (κ3) is 3.88. The molecule has 0 unspecified atom stereocenters. The van der Waals surface area contributed by atoms with E-state index < -0.39 is 11.4 Å². The summed E-state index contributed by atoms with van der Waals surface area (Å²) < 4.78 is 18.6. The van der Waals surface area contributed by atoms with Gasteiger partial charge in [0.15, 0.2) is 0 Å². The lowest BCUT2D eigenvalue weighted by atomic mass is 9.94. The number of fused-ring (bicyclic) bond motifs is 1. The first-order valence-corrected chi connectivity index (χ1v) is 7.75. The van der Waals surface area contributed by atoms with E-state index in [-0.39, 0.29) is 18.3 Å². The van der Waals surface area contributed by atoms with Crippen LogP contribution < -0.4 is 20.7 Å². The molecule has 0 saturated carbocycles. The average molecular weight is 343 g/mol. The third-order valence-corrected chi connectivity index (χ3v) is 3.79. The molecule has 1 aliphatic rings. The smallest absolute Gasteiger partial charge is 0.323 e. The minimum Gasteiger partial charge on any atom is -0.490 e. The van der Waals surface area contributed by atoms with Gasteiger partial charge in [-0.1, -0.05) is 0 Å². The Kier molecular flexibility index (Phi) is 4.31. The fourth-order valence-corrected chi connectivity index (χ4v) is 2.26. The van der Waals surface area contributed by atoms with E-state index in [1.54, 1.807) is 32.0 Å². The molecule has 0 aromatic heterocycles. The minimum absolute atomic E-state index is 0.124. The van der Waals surface area contributed by atoms with Crippen molar-refractivity contribution < 1.29 is 18.7 Å². The molecule has 3 rings (SSSR count). The van der Waals surface area contributed by atoms with Gasteiger partial charge in [-0.3, -0.25) is 4.79 Å². The summed E-state index contributed by atoms with van der Waals surface area (Å²) in [6, 6.07) is 9.95. The van der Waals surface area contributed by atoms with Crippen molar-refractivity contribution in [2.24, 2.45) is 5.41 Å². The lowest BCUT2D eigenvalue weighted by molar-refractivity contribution is -0.124. The van der Waals surface area contributed by atoms with Crippen LogP contribution in [0, 0.1) is 11.2 Å². The number of amides is 3. The van der Waals surface area contributed by atoms with Gasteiger partial charge in [-0.05, 0) is 50.2 Å². The van der Waals surface area contributed by atoms with Gasteiger partial charge >= 0.3 is 6.03 Å². The van der Waals surface area contributed by atoms with Crippen molar-refractivity contribution in [3.8, 4) is 5.75 Å².